The van der Waals surface area contributed by atoms with Crippen LogP contribution in [-0.2, 0) is 4.79 Å². The van der Waals surface area contributed by atoms with Crippen molar-refractivity contribution in [2.45, 2.75) is 25.7 Å². The third-order valence-corrected chi connectivity index (χ3v) is 3.85. The lowest BCUT2D eigenvalue weighted by atomic mass is 9.71. The van der Waals surface area contributed by atoms with Crippen molar-refractivity contribution < 1.29 is 9.90 Å². The van der Waals surface area contributed by atoms with Gasteiger partial charge in [0.2, 0.25) is 0 Å². The smallest absolute Gasteiger partial charge is 0.310 e. The van der Waals surface area contributed by atoms with E-state index < -0.39 is 5.97 Å². The Labute approximate surface area is 71.3 Å². The van der Waals surface area contributed by atoms with Crippen LogP contribution >= 0.6 is 0 Å². The summed E-state index contributed by atoms with van der Waals surface area (Å²) in [6, 6.07) is 0. The fraction of sp³-hybridized carbons (Fsp3) is 0.700. The van der Waals surface area contributed by atoms with Crippen molar-refractivity contribution in [2.75, 3.05) is 0 Å². The average Bonchev–Trinajstić information content (AvgIpc) is 2.39. The van der Waals surface area contributed by atoms with Crippen molar-refractivity contribution in [1.29, 1.82) is 0 Å². The highest BCUT2D eigenvalue weighted by molar-refractivity contribution is 5.77. The number of aliphatic carboxylic acids is 1. The van der Waals surface area contributed by atoms with Gasteiger partial charge in [-0.15, -0.1) is 0 Å². The van der Waals surface area contributed by atoms with Crippen LogP contribution in [0.5, 0.6) is 0 Å². The molecule has 0 aliphatic heterocycles. The lowest BCUT2D eigenvalue weighted by Crippen LogP contribution is -2.33. The van der Waals surface area contributed by atoms with Gasteiger partial charge in [0.25, 0.3) is 0 Å². The van der Waals surface area contributed by atoms with Crippen molar-refractivity contribution >= 4 is 5.97 Å². The van der Waals surface area contributed by atoms with Gasteiger partial charge in [0.15, 0.2) is 0 Å². The molecule has 2 nitrogen and oxygen atoms in total. The van der Waals surface area contributed by atoms with Gasteiger partial charge in [-0.3, -0.25) is 4.79 Å². The van der Waals surface area contributed by atoms with Gasteiger partial charge in [-0.1, -0.05) is 11.6 Å². The number of carbonyl (C=O) groups is 1. The van der Waals surface area contributed by atoms with Gasteiger partial charge in [0.05, 0.1) is 5.41 Å². The Hall–Kier alpha value is -0.790. The van der Waals surface area contributed by atoms with E-state index in [0.29, 0.717) is 11.8 Å². The monoisotopic (exact) mass is 164 g/mol. The van der Waals surface area contributed by atoms with Crippen LogP contribution in [0.2, 0.25) is 0 Å². The van der Waals surface area contributed by atoms with Gasteiger partial charge in [0.1, 0.15) is 0 Å². The van der Waals surface area contributed by atoms with Gasteiger partial charge in [-0.25, -0.2) is 0 Å². The summed E-state index contributed by atoms with van der Waals surface area (Å²) in [5.74, 6) is 0.684. The van der Waals surface area contributed by atoms with Crippen molar-refractivity contribution in [1.82, 2.24) is 0 Å². The van der Waals surface area contributed by atoms with Crippen molar-refractivity contribution in [3.05, 3.63) is 11.6 Å². The number of allylic oxidation sites excluding steroid dienone is 2. The van der Waals surface area contributed by atoms with Crippen LogP contribution in [0.1, 0.15) is 25.7 Å². The van der Waals surface area contributed by atoms with Gasteiger partial charge < -0.3 is 5.11 Å². The molecule has 12 heavy (non-hydrogen) atoms. The maximum atomic E-state index is 11.1. The fourth-order valence-corrected chi connectivity index (χ4v) is 3.43. The van der Waals surface area contributed by atoms with Crippen LogP contribution in [-0.4, -0.2) is 11.1 Å². The maximum absolute atomic E-state index is 11.1. The molecule has 64 valence electrons. The molecule has 0 radical (unpaired) electrons. The van der Waals surface area contributed by atoms with Crippen LogP contribution in [0.25, 0.3) is 0 Å². The van der Waals surface area contributed by atoms with Crippen LogP contribution in [0.3, 0.4) is 0 Å². The van der Waals surface area contributed by atoms with E-state index >= 15 is 0 Å². The van der Waals surface area contributed by atoms with Gasteiger partial charge in [-0.2, -0.15) is 0 Å². The molecule has 0 saturated heterocycles. The summed E-state index contributed by atoms with van der Waals surface area (Å²) in [5.41, 5.74) is 1.12. The van der Waals surface area contributed by atoms with Crippen molar-refractivity contribution in [3.63, 3.8) is 0 Å². The lowest BCUT2D eigenvalue weighted by Gasteiger charge is -2.32. The lowest BCUT2D eigenvalue weighted by molar-refractivity contribution is -0.150. The van der Waals surface area contributed by atoms with Crippen molar-refractivity contribution in [3.8, 4) is 0 Å². The molecule has 0 aromatic rings. The second kappa shape index (κ2) is 1.76. The average molecular weight is 164 g/mol. The van der Waals surface area contributed by atoms with Crippen LogP contribution in [0.4, 0.5) is 0 Å². The summed E-state index contributed by atoms with van der Waals surface area (Å²) >= 11 is 0. The molecule has 2 heteroatoms. The number of rotatable bonds is 1. The fourth-order valence-electron chi connectivity index (χ4n) is 3.43. The molecule has 2 saturated carbocycles. The minimum Gasteiger partial charge on any atom is -0.481 e. The molecule has 3 atom stereocenters. The zero-order chi connectivity index (χ0) is 8.34. The predicted octanol–water partition coefficient (Wildman–Crippen LogP) is 1.82. The quantitative estimate of drug-likeness (QED) is 0.600. The molecular formula is C10H12O2. The molecule has 3 unspecified atom stereocenters. The molecular weight excluding hydrogens is 152 g/mol. The van der Waals surface area contributed by atoms with Crippen molar-refractivity contribution in [2.24, 2.45) is 17.3 Å². The highest BCUT2D eigenvalue weighted by Crippen LogP contribution is 2.61. The minimum absolute atomic E-state index is 0.336. The Kier molecular flexibility index (Phi) is 0.980. The third kappa shape index (κ3) is 0.598. The number of hydrogen-bond acceptors (Lipinski definition) is 1. The van der Waals surface area contributed by atoms with Gasteiger partial charge in [-0.05, 0) is 37.5 Å². The molecule has 2 fully saturated rings. The largest absolute Gasteiger partial charge is 0.481 e. The molecule has 0 aromatic heterocycles. The van der Waals surface area contributed by atoms with E-state index in [4.69, 9.17) is 5.11 Å². The zero-order valence-electron chi connectivity index (χ0n) is 6.92. The molecule has 4 aliphatic carbocycles. The summed E-state index contributed by atoms with van der Waals surface area (Å²) in [6.07, 6.45) is 6.25. The van der Waals surface area contributed by atoms with E-state index in [2.05, 4.69) is 6.08 Å². The first-order valence-corrected chi connectivity index (χ1v) is 4.64. The van der Waals surface area contributed by atoms with E-state index in [-0.39, 0.29) is 5.41 Å². The molecule has 0 heterocycles. The molecule has 0 aromatic carbocycles. The Bertz CT molecular complexity index is 288. The first-order chi connectivity index (χ1) is 5.70. The normalized spacial score (nSPS) is 48.2. The molecule has 0 amide bonds. The molecule has 0 spiro atoms. The second-order valence-electron chi connectivity index (χ2n) is 4.60. The topological polar surface area (TPSA) is 37.3 Å². The van der Waals surface area contributed by atoms with Crippen LogP contribution in [0, 0.1) is 17.3 Å². The Morgan fingerprint density at radius 3 is 3.00 bits per heavy atom. The Morgan fingerprint density at radius 1 is 1.58 bits per heavy atom. The Morgan fingerprint density at radius 2 is 2.42 bits per heavy atom. The number of hydrogen-bond donors (Lipinski definition) is 1. The second-order valence-corrected chi connectivity index (χ2v) is 4.60. The SMILES string of the molecule is O=C(O)C12CC3=CC(CC3C1)C2. The summed E-state index contributed by atoms with van der Waals surface area (Å²) < 4.78 is 0. The minimum atomic E-state index is -0.555. The standard InChI is InChI=1S/C10H12O2/c11-9(12)10-3-6-1-7(4-10)8(2-6)5-10/h1,6,8H,2-5H2,(H,11,12). The molecule has 1 N–H and O–H groups in total. The van der Waals surface area contributed by atoms with E-state index in [1.165, 1.54) is 12.0 Å². The maximum Gasteiger partial charge on any atom is 0.310 e. The van der Waals surface area contributed by atoms with E-state index in [0.717, 1.165) is 19.3 Å². The number of carboxylic acids is 1. The predicted molar refractivity (Wildman–Crippen MR) is 43.6 cm³/mol. The van der Waals surface area contributed by atoms with E-state index in [9.17, 15) is 4.79 Å². The summed E-state index contributed by atoms with van der Waals surface area (Å²) in [7, 11) is 0. The van der Waals surface area contributed by atoms with Crippen LogP contribution < -0.4 is 0 Å². The van der Waals surface area contributed by atoms with Gasteiger partial charge >= 0.3 is 5.97 Å². The van der Waals surface area contributed by atoms with Crippen LogP contribution in [0.15, 0.2) is 11.6 Å². The number of carboxylic acid groups (broad SMARTS) is 1. The highest BCUT2D eigenvalue weighted by Gasteiger charge is 2.55. The van der Waals surface area contributed by atoms with E-state index in [1.54, 1.807) is 0 Å². The van der Waals surface area contributed by atoms with E-state index in [1.807, 2.05) is 0 Å². The molecule has 4 rings (SSSR count). The summed E-state index contributed by atoms with van der Waals surface area (Å²) in [4.78, 5) is 11.1. The molecule has 4 bridgehead atoms. The van der Waals surface area contributed by atoms with Gasteiger partial charge in [0, 0.05) is 0 Å². The highest BCUT2D eigenvalue weighted by atomic mass is 16.4. The summed E-state index contributed by atoms with van der Waals surface area (Å²) in [6.45, 7) is 0. The Balaban J connectivity index is 2.06. The third-order valence-electron chi connectivity index (χ3n) is 3.85. The first-order valence-electron chi connectivity index (χ1n) is 4.64. The zero-order valence-corrected chi connectivity index (χ0v) is 6.92. The molecule has 4 aliphatic rings. The first kappa shape index (κ1) is 6.70. The summed E-state index contributed by atoms with van der Waals surface area (Å²) in [5, 5.41) is 9.13.